The van der Waals surface area contributed by atoms with E-state index in [-0.39, 0.29) is 49.1 Å². The number of unbranched alkanes of at least 4 members (excludes halogenated alkanes) is 19. The maximum Gasteiger partial charge on any atom is 0.306 e. The molecule has 0 saturated heterocycles. The van der Waals surface area contributed by atoms with Gasteiger partial charge >= 0.3 is 11.9 Å². The van der Waals surface area contributed by atoms with Crippen molar-refractivity contribution in [2.45, 2.75) is 212 Å². The molecule has 0 aromatic carbocycles. The maximum atomic E-state index is 12.7. The van der Waals surface area contributed by atoms with E-state index in [9.17, 15) is 19.5 Å². The van der Waals surface area contributed by atoms with E-state index in [4.69, 9.17) is 14.2 Å². The lowest BCUT2D eigenvalue weighted by atomic mass is 10.0. The second kappa shape index (κ2) is 42.7. The summed E-state index contributed by atoms with van der Waals surface area (Å²) in [5.41, 5.74) is 0. The van der Waals surface area contributed by atoms with Crippen LogP contribution in [0, 0.1) is 0 Å². The van der Waals surface area contributed by atoms with Crippen LogP contribution in [-0.2, 0) is 28.6 Å². The number of rotatable bonds is 43. The van der Waals surface area contributed by atoms with E-state index in [0.717, 1.165) is 70.6 Å². The van der Waals surface area contributed by atoms with Crippen molar-refractivity contribution in [3.8, 4) is 0 Å². The van der Waals surface area contributed by atoms with E-state index in [0.29, 0.717) is 12.8 Å². The van der Waals surface area contributed by atoms with E-state index < -0.39 is 18.1 Å². The number of carbonyl (C=O) groups is 3. The smallest absolute Gasteiger partial charge is 0.306 e. The number of hydrogen-bond donors (Lipinski definition) is 0. The Kier molecular flexibility index (Phi) is 40.6. The number of likely N-dealkylation sites (N-methyl/N-ethyl adjacent to an activating group) is 1. The van der Waals surface area contributed by atoms with Crippen LogP contribution < -0.4 is 5.11 Å². The Labute approximate surface area is 368 Å². The molecule has 0 heterocycles. The van der Waals surface area contributed by atoms with Gasteiger partial charge in [-0.25, -0.2) is 0 Å². The SMILES string of the molecule is CC/C=C\C/C=C\C/C=C\C/C=C\C/C=C\CCCCCC(=O)OC(COCCC(C(=O)[O-])[N+](C)(C)C)COC(=O)CCCCCCCCCCCCCCCCCCC. The van der Waals surface area contributed by atoms with E-state index in [1.165, 1.54) is 89.9 Å². The van der Waals surface area contributed by atoms with E-state index in [1.807, 2.05) is 0 Å². The number of carboxylic acid groups (broad SMARTS) is 1. The molecule has 0 bridgehead atoms. The van der Waals surface area contributed by atoms with Gasteiger partial charge in [-0.15, -0.1) is 0 Å². The number of ether oxygens (including phenoxy) is 3. The minimum absolute atomic E-state index is 0.0269. The van der Waals surface area contributed by atoms with Crippen molar-refractivity contribution in [3.05, 3.63) is 60.8 Å². The predicted octanol–water partition coefficient (Wildman–Crippen LogP) is 12.4. The summed E-state index contributed by atoms with van der Waals surface area (Å²) in [6.07, 6.45) is 52.5. The van der Waals surface area contributed by atoms with Crippen molar-refractivity contribution in [2.24, 2.45) is 0 Å². The van der Waals surface area contributed by atoms with Crippen molar-refractivity contribution in [1.29, 1.82) is 0 Å². The van der Waals surface area contributed by atoms with Gasteiger partial charge in [0.2, 0.25) is 0 Å². The lowest BCUT2D eigenvalue weighted by molar-refractivity contribution is -0.889. The fourth-order valence-corrected chi connectivity index (χ4v) is 6.92. The molecular weight excluding hydrogens is 751 g/mol. The van der Waals surface area contributed by atoms with Crippen molar-refractivity contribution in [2.75, 3.05) is 41.0 Å². The van der Waals surface area contributed by atoms with Gasteiger partial charge in [0.15, 0.2) is 6.10 Å². The molecule has 8 heteroatoms. The molecule has 0 fully saturated rings. The zero-order chi connectivity index (χ0) is 44.2. The molecule has 2 atom stereocenters. The summed E-state index contributed by atoms with van der Waals surface area (Å²) in [5.74, 6) is -1.77. The van der Waals surface area contributed by atoms with Crippen LogP contribution in [0.5, 0.6) is 0 Å². The zero-order valence-electron chi connectivity index (χ0n) is 39.4. The van der Waals surface area contributed by atoms with Crippen molar-refractivity contribution < 1.29 is 38.2 Å². The van der Waals surface area contributed by atoms with Crippen LogP contribution >= 0.6 is 0 Å². The Balaban J connectivity index is 4.35. The summed E-state index contributed by atoms with van der Waals surface area (Å²) in [5, 5.41) is 11.6. The minimum atomic E-state index is -1.13. The Morgan fingerprint density at radius 2 is 0.933 bits per heavy atom. The van der Waals surface area contributed by atoms with E-state index in [1.54, 1.807) is 21.1 Å². The highest BCUT2D eigenvalue weighted by atomic mass is 16.6. The third kappa shape index (κ3) is 40.4. The molecule has 0 aliphatic carbocycles. The summed E-state index contributed by atoms with van der Waals surface area (Å²) in [6.45, 7) is 4.53. The van der Waals surface area contributed by atoms with Gasteiger partial charge in [-0.05, 0) is 57.8 Å². The normalized spacial score (nSPS) is 13.4. The molecule has 0 spiro atoms. The van der Waals surface area contributed by atoms with Crippen molar-refractivity contribution >= 4 is 17.9 Å². The molecule has 346 valence electrons. The van der Waals surface area contributed by atoms with Crippen molar-refractivity contribution in [1.82, 2.24) is 0 Å². The Morgan fingerprint density at radius 3 is 1.38 bits per heavy atom. The molecule has 0 radical (unpaired) electrons. The topological polar surface area (TPSA) is 102 Å². The van der Waals surface area contributed by atoms with Gasteiger partial charge in [0, 0.05) is 19.3 Å². The minimum Gasteiger partial charge on any atom is -0.544 e. The molecular formula is C52H91NO7. The Bertz CT molecular complexity index is 1170. The first-order chi connectivity index (χ1) is 29.1. The number of carboxylic acids is 1. The highest BCUT2D eigenvalue weighted by Gasteiger charge is 2.25. The summed E-state index contributed by atoms with van der Waals surface area (Å²) in [7, 11) is 5.40. The quantitative estimate of drug-likeness (QED) is 0.0261. The highest BCUT2D eigenvalue weighted by Crippen LogP contribution is 2.15. The monoisotopic (exact) mass is 842 g/mol. The van der Waals surface area contributed by atoms with E-state index in [2.05, 4.69) is 74.6 Å². The Morgan fingerprint density at radius 1 is 0.517 bits per heavy atom. The molecule has 0 saturated carbocycles. The molecule has 0 aliphatic rings. The fraction of sp³-hybridized carbons (Fsp3) is 0.750. The number of allylic oxidation sites excluding steroid dienone is 10. The summed E-state index contributed by atoms with van der Waals surface area (Å²) in [4.78, 5) is 37.0. The Hall–Kier alpha value is -2.97. The van der Waals surface area contributed by atoms with Gasteiger partial charge in [0.1, 0.15) is 12.6 Å². The molecule has 0 aromatic rings. The summed E-state index contributed by atoms with van der Waals surface area (Å²) >= 11 is 0. The number of quaternary nitrogens is 1. The summed E-state index contributed by atoms with van der Waals surface area (Å²) in [6, 6.07) is -0.733. The summed E-state index contributed by atoms with van der Waals surface area (Å²) < 4.78 is 17.2. The molecule has 2 unspecified atom stereocenters. The maximum absolute atomic E-state index is 12.7. The van der Waals surface area contributed by atoms with Gasteiger partial charge < -0.3 is 28.6 Å². The molecule has 60 heavy (non-hydrogen) atoms. The molecule has 0 N–H and O–H groups in total. The molecule has 8 nitrogen and oxygen atoms in total. The first-order valence-electron chi connectivity index (χ1n) is 24.3. The van der Waals surface area contributed by atoms with Crippen LogP contribution in [0.4, 0.5) is 0 Å². The van der Waals surface area contributed by atoms with Gasteiger partial charge in [-0.3, -0.25) is 9.59 Å². The van der Waals surface area contributed by atoms with Gasteiger partial charge in [-0.2, -0.15) is 0 Å². The van der Waals surface area contributed by atoms with Crippen LogP contribution in [0.15, 0.2) is 60.8 Å². The second-order valence-electron chi connectivity index (χ2n) is 17.3. The average molecular weight is 842 g/mol. The van der Waals surface area contributed by atoms with Crippen LogP contribution in [0.1, 0.15) is 200 Å². The standard InChI is InChI=1S/C52H91NO7/c1-6-8-10-12-14-16-18-20-22-24-25-27-29-31-33-35-37-39-41-43-51(55)60-48(46-58-45-44-49(52(56)57)53(3,4)5)47-59-50(54)42-40-38-36-34-32-30-28-26-23-21-19-17-15-13-11-9-7-2/h8,10,14,16,20,22,25,27,31,33,48-49H,6-7,9,11-13,15,17-19,21,23-24,26,28-30,32,34-47H2,1-5H3/b10-8-,16-14-,22-20-,27-25-,33-31-. The number of nitrogens with zero attached hydrogens (tertiary/aromatic N) is 1. The van der Waals surface area contributed by atoms with E-state index >= 15 is 0 Å². The van der Waals surface area contributed by atoms with Gasteiger partial charge in [-0.1, -0.05) is 184 Å². The highest BCUT2D eigenvalue weighted by molar-refractivity contribution is 5.70. The zero-order valence-corrected chi connectivity index (χ0v) is 39.4. The lowest BCUT2D eigenvalue weighted by Crippen LogP contribution is -2.55. The molecule has 0 amide bonds. The van der Waals surface area contributed by atoms with Gasteiger partial charge in [0.05, 0.1) is 40.3 Å². The van der Waals surface area contributed by atoms with Crippen LogP contribution in [0.25, 0.3) is 0 Å². The third-order valence-electron chi connectivity index (χ3n) is 10.7. The van der Waals surface area contributed by atoms with Gasteiger partial charge in [0.25, 0.3) is 0 Å². The molecule has 0 aliphatic heterocycles. The lowest BCUT2D eigenvalue weighted by Gasteiger charge is -2.34. The second-order valence-corrected chi connectivity index (χ2v) is 17.3. The fourth-order valence-electron chi connectivity index (χ4n) is 6.92. The average Bonchev–Trinajstić information content (AvgIpc) is 3.21. The van der Waals surface area contributed by atoms with Crippen LogP contribution in [-0.4, -0.2) is 75.5 Å². The predicted molar refractivity (Wildman–Crippen MR) is 249 cm³/mol. The molecule has 0 aromatic heterocycles. The number of aliphatic carboxylic acids is 1. The molecule has 0 rings (SSSR count). The number of carbonyl (C=O) groups excluding carboxylic acids is 3. The van der Waals surface area contributed by atoms with Crippen molar-refractivity contribution in [3.63, 3.8) is 0 Å². The first kappa shape index (κ1) is 57.0. The largest absolute Gasteiger partial charge is 0.544 e. The number of hydrogen-bond acceptors (Lipinski definition) is 7. The first-order valence-corrected chi connectivity index (χ1v) is 24.3. The number of esters is 2. The third-order valence-corrected chi connectivity index (χ3v) is 10.7. The van der Waals surface area contributed by atoms with Crippen LogP contribution in [0.2, 0.25) is 0 Å². The van der Waals surface area contributed by atoms with Crippen LogP contribution in [0.3, 0.4) is 0 Å².